The van der Waals surface area contributed by atoms with Crippen molar-refractivity contribution in [1.29, 1.82) is 0 Å². The molecule has 0 unspecified atom stereocenters. The monoisotopic (exact) mass is 861 g/mol. The third-order valence-electron chi connectivity index (χ3n) is 8.63. The van der Waals surface area contributed by atoms with Crippen molar-refractivity contribution in [2.75, 3.05) is 0 Å². The van der Waals surface area contributed by atoms with Crippen LogP contribution < -0.4 is 0 Å². The molecule has 0 aliphatic heterocycles. The number of fused-ring (bicyclic) bond motifs is 4. The molecule has 0 aliphatic carbocycles. The zero-order valence-electron chi connectivity index (χ0n) is 29.0. The Morgan fingerprint density at radius 3 is 2.17 bits per heavy atom. The van der Waals surface area contributed by atoms with Gasteiger partial charge < -0.3 is 5.11 Å². The van der Waals surface area contributed by atoms with Crippen molar-refractivity contribution < 1.29 is 30.0 Å². The minimum atomic E-state index is 0. The predicted octanol–water partition coefficient (Wildman–Crippen LogP) is 11.1. The number of aliphatic hydroxyl groups is 1. The zero-order chi connectivity index (χ0) is 32.9. The van der Waals surface area contributed by atoms with E-state index >= 15 is 0 Å². The summed E-state index contributed by atoms with van der Waals surface area (Å²) in [6.07, 6.45) is 7.96. The molecule has 0 amide bonds. The van der Waals surface area contributed by atoms with Gasteiger partial charge in [0.15, 0.2) is 5.78 Å². The van der Waals surface area contributed by atoms with E-state index in [1.165, 1.54) is 52.8 Å². The maximum absolute atomic E-state index is 11.7. The van der Waals surface area contributed by atoms with Crippen LogP contribution in [-0.4, -0.2) is 30.4 Å². The number of hydrogen-bond donors (Lipinski definition) is 1. The number of aryl methyl sites for hydroxylation is 2. The normalized spacial score (nSPS) is 12.1. The summed E-state index contributed by atoms with van der Waals surface area (Å²) in [6.45, 7) is 19.2. The van der Waals surface area contributed by atoms with Gasteiger partial charge in [-0.1, -0.05) is 27.7 Å². The van der Waals surface area contributed by atoms with Crippen molar-refractivity contribution in [3.8, 4) is 11.3 Å². The van der Waals surface area contributed by atoms with E-state index in [4.69, 9.17) is 4.98 Å². The van der Waals surface area contributed by atoms with Crippen molar-refractivity contribution in [1.82, 2.24) is 4.98 Å². The number of pyridine rings is 1. The maximum atomic E-state index is 11.7. The van der Waals surface area contributed by atoms with Gasteiger partial charge in [-0.2, -0.15) is 0 Å². The second-order valence-corrected chi connectivity index (χ2v) is 15.9. The van der Waals surface area contributed by atoms with Crippen LogP contribution in [0.4, 0.5) is 0 Å². The quantitative estimate of drug-likeness (QED) is 0.0695. The van der Waals surface area contributed by atoms with E-state index < -0.39 is 0 Å². The fourth-order valence-electron chi connectivity index (χ4n) is 6.21. The second kappa shape index (κ2) is 16.5. The van der Waals surface area contributed by atoms with E-state index in [0.29, 0.717) is 5.41 Å². The number of aromatic nitrogens is 1. The number of nitrogens with zero attached hydrogens (tertiary/aromatic N) is 1. The number of allylic oxidation sites excluding steroid dienone is 2. The van der Waals surface area contributed by atoms with Gasteiger partial charge >= 0.3 is 185 Å². The van der Waals surface area contributed by atoms with E-state index in [2.05, 4.69) is 89.2 Å². The zero-order valence-corrected chi connectivity index (χ0v) is 33.1. The Bertz CT molecular complexity index is 1800. The fourth-order valence-corrected chi connectivity index (χ4v) is 8.80. The first-order valence-electron chi connectivity index (χ1n) is 16.6. The molecule has 0 aliphatic rings. The summed E-state index contributed by atoms with van der Waals surface area (Å²) in [7, 11) is 0. The summed E-state index contributed by atoms with van der Waals surface area (Å²) in [5, 5.41) is 15.2. The third-order valence-corrected chi connectivity index (χ3v) is 11.1. The summed E-state index contributed by atoms with van der Waals surface area (Å²) in [6, 6.07) is 21.9. The van der Waals surface area contributed by atoms with E-state index in [0.717, 1.165) is 43.4 Å². The van der Waals surface area contributed by atoms with Crippen molar-refractivity contribution in [2.45, 2.75) is 94.4 Å². The first-order valence-corrected chi connectivity index (χ1v) is 18.3. The van der Waals surface area contributed by atoms with Crippen LogP contribution in [0.3, 0.4) is 0 Å². The third kappa shape index (κ3) is 9.29. The molecule has 1 N–H and O–H groups in total. The number of hydrogen-bond acceptors (Lipinski definition) is 3. The summed E-state index contributed by atoms with van der Waals surface area (Å²) in [5.41, 5.74) is 6.37. The van der Waals surface area contributed by atoms with E-state index in [1.54, 1.807) is 0 Å². The molecule has 247 valence electrons. The molecule has 0 saturated carbocycles. The smallest absolute Gasteiger partial charge is 0 e. The van der Waals surface area contributed by atoms with Crippen LogP contribution in [0.1, 0.15) is 90.8 Å². The summed E-state index contributed by atoms with van der Waals surface area (Å²) >= 11 is 0.262. The van der Waals surface area contributed by atoms with Gasteiger partial charge in [0.2, 0.25) is 0 Å². The Hall–Kier alpha value is -2.55. The summed E-state index contributed by atoms with van der Waals surface area (Å²) in [5.74, 6) is 0.547. The fraction of sp³-hybridized carbons (Fsp3) is 0.415. The Balaban J connectivity index is 0.000000309. The van der Waals surface area contributed by atoms with Crippen LogP contribution >= 0.6 is 0 Å². The van der Waals surface area contributed by atoms with Gasteiger partial charge in [0.05, 0.1) is 5.76 Å². The first-order chi connectivity index (χ1) is 21.4. The molecular formula is C41H50IrNO2Se-. The molecule has 2 aromatic heterocycles. The maximum Gasteiger partial charge on any atom is 0 e. The first kappa shape index (κ1) is 37.9. The van der Waals surface area contributed by atoms with Crippen LogP contribution in [0.15, 0.2) is 66.6 Å². The minimum Gasteiger partial charge on any atom is 0 e. The second-order valence-electron chi connectivity index (χ2n) is 13.7. The Morgan fingerprint density at radius 1 is 0.891 bits per heavy atom. The molecular weight excluding hydrogens is 810 g/mol. The van der Waals surface area contributed by atoms with Gasteiger partial charge in [-0.25, -0.2) is 0 Å². The predicted molar refractivity (Wildman–Crippen MR) is 194 cm³/mol. The Labute approximate surface area is 296 Å². The minimum absolute atomic E-state index is 0. The molecule has 5 aromatic rings. The topological polar surface area (TPSA) is 50.2 Å². The molecule has 5 heteroatoms. The standard InChI is InChI=1S/C28H26NSe.C13H24O2.Ir/c1-17-10-18(2)12-22(11-17)26-27-23(8-9-29-26)24-14-21-13-19(16-28(3,4)5)6-7-20(21)15-25(24)30-27;1-5-10(6-2)12(14)9-13(15)11(7-3)8-4;/h6-11,13-15H,16H2,1-5H3;9-11,14H,5-8H2,1-4H3;/q-1;;/b;12-9-;. The molecule has 0 fully saturated rings. The number of ketones is 1. The molecule has 1 radical (unpaired) electrons. The number of carbonyl (C=O) groups excluding carboxylic acids is 1. The molecule has 46 heavy (non-hydrogen) atoms. The average Bonchev–Trinajstić information content (AvgIpc) is 3.33. The molecule has 0 saturated heterocycles. The molecule has 3 nitrogen and oxygen atoms in total. The van der Waals surface area contributed by atoms with Gasteiger partial charge in [0.25, 0.3) is 0 Å². The van der Waals surface area contributed by atoms with Crippen molar-refractivity contribution in [3.63, 3.8) is 0 Å². The van der Waals surface area contributed by atoms with Crippen LogP contribution in [0.5, 0.6) is 0 Å². The van der Waals surface area contributed by atoms with Crippen molar-refractivity contribution in [3.05, 3.63) is 89.3 Å². The number of aliphatic hydroxyl groups excluding tert-OH is 1. The van der Waals surface area contributed by atoms with Gasteiger partial charge in [0.1, 0.15) is 0 Å². The van der Waals surface area contributed by atoms with Gasteiger partial charge in [-0.3, -0.25) is 4.79 Å². The summed E-state index contributed by atoms with van der Waals surface area (Å²) < 4.78 is 2.86. The van der Waals surface area contributed by atoms with Gasteiger partial charge in [-0.15, -0.1) is 0 Å². The molecule has 0 atom stereocenters. The van der Waals surface area contributed by atoms with Crippen LogP contribution in [0.25, 0.3) is 41.3 Å². The van der Waals surface area contributed by atoms with E-state index in [-0.39, 0.29) is 58.0 Å². The number of rotatable bonds is 9. The number of carbonyl (C=O) groups is 1. The van der Waals surface area contributed by atoms with Crippen LogP contribution in [0, 0.1) is 37.2 Å². The van der Waals surface area contributed by atoms with Gasteiger partial charge in [0, 0.05) is 38.0 Å². The summed E-state index contributed by atoms with van der Waals surface area (Å²) in [4.78, 5) is 16.5. The molecule has 2 heterocycles. The van der Waals surface area contributed by atoms with E-state index in [1.807, 2.05) is 33.9 Å². The Morgan fingerprint density at radius 2 is 1.57 bits per heavy atom. The van der Waals surface area contributed by atoms with E-state index in [9.17, 15) is 9.90 Å². The molecule has 0 bridgehead atoms. The average molecular weight is 860 g/mol. The molecule has 5 rings (SSSR count). The molecule has 0 spiro atoms. The molecule has 3 aromatic carbocycles. The Kier molecular flexibility index (Phi) is 13.6. The van der Waals surface area contributed by atoms with Gasteiger partial charge in [-0.05, 0) is 25.7 Å². The van der Waals surface area contributed by atoms with Crippen molar-refractivity contribution >= 4 is 50.4 Å². The number of benzene rings is 3. The van der Waals surface area contributed by atoms with Crippen LogP contribution in [-0.2, 0) is 31.3 Å². The SMILES string of the molecule is CCC(CC)C(=O)/C=C(\O)C(CC)CC.Cc1[c-]c(-c2nccc3c2[se]c2cc4ccc(CC(C)(C)C)cc4cc23)cc(C)c1.[Ir]. The van der Waals surface area contributed by atoms with Crippen LogP contribution in [0.2, 0.25) is 0 Å². The van der Waals surface area contributed by atoms with Crippen molar-refractivity contribution in [2.24, 2.45) is 17.3 Å². The largest absolute Gasteiger partial charge is 0 e.